The predicted octanol–water partition coefficient (Wildman–Crippen LogP) is 1.51. The molecule has 1 N–H and O–H groups in total. The molecule has 0 unspecified atom stereocenters. The van der Waals surface area contributed by atoms with E-state index < -0.39 is 16.8 Å². The molecular formula is C10H15ClN2O2. The van der Waals surface area contributed by atoms with Gasteiger partial charge in [-0.3, -0.25) is 9.36 Å². The van der Waals surface area contributed by atoms with Gasteiger partial charge in [-0.2, -0.15) is 0 Å². The number of halogens is 1. The van der Waals surface area contributed by atoms with Crippen LogP contribution >= 0.6 is 11.6 Å². The van der Waals surface area contributed by atoms with Gasteiger partial charge in [0.1, 0.15) is 5.02 Å². The van der Waals surface area contributed by atoms with Crippen LogP contribution in [-0.4, -0.2) is 9.55 Å². The van der Waals surface area contributed by atoms with Crippen LogP contribution in [0.4, 0.5) is 0 Å². The van der Waals surface area contributed by atoms with Crippen LogP contribution in [0.5, 0.6) is 0 Å². The van der Waals surface area contributed by atoms with Crippen LogP contribution in [0.2, 0.25) is 5.02 Å². The van der Waals surface area contributed by atoms with Crippen molar-refractivity contribution >= 4 is 11.6 Å². The first-order chi connectivity index (χ1) is 6.79. The van der Waals surface area contributed by atoms with E-state index in [-0.39, 0.29) is 5.02 Å². The van der Waals surface area contributed by atoms with Gasteiger partial charge >= 0.3 is 5.69 Å². The summed E-state index contributed by atoms with van der Waals surface area (Å²) < 4.78 is 1.13. The molecule has 15 heavy (non-hydrogen) atoms. The molecule has 0 atom stereocenters. The Labute approximate surface area is 92.9 Å². The van der Waals surface area contributed by atoms with Gasteiger partial charge < -0.3 is 4.98 Å². The van der Waals surface area contributed by atoms with Crippen LogP contribution < -0.4 is 11.2 Å². The second-order valence-corrected chi connectivity index (χ2v) is 4.77. The summed E-state index contributed by atoms with van der Waals surface area (Å²) in [6.07, 6.45) is 0.536. The molecule has 4 nitrogen and oxygen atoms in total. The Hall–Kier alpha value is -1.03. The van der Waals surface area contributed by atoms with Crippen LogP contribution in [0.1, 0.15) is 33.4 Å². The van der Waals surface area contributed by atoms with Crippen LogP contribution in [0.3, 0.4) is 0 Å². The number of aromatic nitrogens is 2. The topological polar surface area (TPSA) is 54.9 Å². The van der Waals surface area contributed by atoms with Gasteiger partial charge in [0.2, 0.25) is 0 Å². The highest BCUT2D eigenvalue weighted by Gasteiger charge is 2.20. The van der Waals surface area contributed by atoms with Crippen molar-refractivity contribution in [3.63, 3.8) is 0 Å². The number of hydrogen-bond donors (Lipinski definition) is 1. The molecule has 0 aromatic carbocycles. The summed E-state index contributed by atoms with van der Waals surface area (Å²) in [5.74, 6) is 0. The Bertz CT molecular complexity index is 480. The zero-order valence-electron chi connectivity index (χ0n) is 9.35. The summed E-state index contributed by atoms with van der Waals surface area (Å²) in [6.45, 7) is 7.18. The number of H-pyrrole nitrogens is 1. The fourth-order valence-electron chi connectivity index (χ4n) is 1.41. The van der Waals surface area contributed by atoms with E-state index in [1.807, 2.05) is 6.92 Å². The number of aromatic amines is 1. The highest BCUT2D eigenvalue weighted by Crippen LogP contribution is 2.11. The molecule has 0 amide bonds. The smallest absolute Gasteiger partial charge is 0.310 e. The molecule has 84 valence electrons. The summed E-state index contributed by atoms with van der Waals surface area (Å²) in [7, 11) is 0. The summed E-state index contributed by atoms with van der Waals surface area (Å²) in [6, 6.07) is 0. The van der Waals surface area contributed by atoms with Gasteiger partial charge in [0, 0.05) is 11.2 Å². The zero-order chi connectivity index (χ0) is 11.8. The second-order valence-electron chi connectivity index (χ2n) is 4.39. The first-order valence-corrected chi connectivity index (χ1v) is 5.21. The molecular weight excluding hydrogens is 216 g/mol. The van der Waals surface area contributed by atoms with Crippen molar-refractivity contribution < 1.29 is 0 Å². The number of aryl methyl sites for hydroxylation is 1. The van der Waals surface area contributed by atoms with E-state index in [1.165, 1.54) is 0 Å². The largest absolute Gasteiger partial charge is 0.329 e. The van der Waals surface area contributed by atoms with E-state index in [0.29, 0.717) is 12.1 Å². The zero-order valence-corrected chi connectivity index (χ0v) is 10.1. The molecule has 0 radical (unpaired) electrons. The summed E-state index contributed by atoms with van der Waals surface area (Å²) in [5.41, 5.74) is -0.911. The van der Waals surface area contributed by atoms with E-state index in [2.05, 4.69) is 4.98 Å². The Morgan fingerprint density at radius 3 is 2.27 bits per heavy atom. The van der Waals surface area contributed by atoms with E-state index in [4.69, 9.17) is 11.6 Å². The van der Waals surface area contributed by atoms with Crippen LogP contribution in [0.15, 0.2) is 9.59 Å². The van der Waals surface area contributed by atoms with Crippen molar-refractivity contribution in [2.45, 2.75) is 39.7 Å². The third kappa shape index (κ3) is 2.15. The van der Waals surface area contributed by atoms with Crippen molar-refractivity contribution in [2.75, 3.05) is 0 Å². The summed E-state index contributed by atoms with van der Waals surface area (Å²) in [5, 5.41) is 0.104. The lowest BCUT2D eigenvalue weighted by Crippen LogP contribution is -2.45. The molecule has 0 saturated heterocycles. The Morgan fingerprint density at radius 1 is 1.33 bits per heavy atom. The normalized spacial score (nSPS) is 11.8. The number of nitrogens with one attached hydrogen (secondary N) is 1. The van der Waals surface area contributed by atoms with Crippen LogP contribution in [0.25, 0.3) is 0 Å². The molecule has 0 aliphatic heterocycles. The minimum absolute atomic E-state index is 0.104. The lowest BCUT2D eigenvalue weighted by atomic mass is 10.1. The third-order valence-electron chi connectivity index (χ3n) is 2.14. The molecule has 1 aromatic heterocycles. The van der Waals surface area contributed by atoms with E-state index in [0.717, 1.165) is 4.57 Å². The number of nitrogens with zero attached hydrogens (tertiary/aromatic N) is 1. The summed E-state index contributed by atoms with van der Waals surface area (Å²) >= 11 is 5.87. The third-order valence-corrected chi connectivity index (χ3v) is 2.53. The first-order valence-electron chi connectivity index (χ1n) is 4.83. The minimum atomic E-state index is -0.569. The number of hydrogen-bond acceptors (Lipinski definition) is 2. The highest BCUT2D eigenvalue weighted by molar-refractivity contribution is 6.31. The maximum Gasteiger partial charge on any atom is 0.329 e. The quantitative estimate of drug-likeness (QED) is 0.795. The molecule has 0 saturated carbocycles. The predicted molar refractivity (Wildman–Crippen MR) is 60.7 cm³/mol. The molecule has 1 aromatic rings. The SMILES string of the molecule is CCc1[nH]c(=O)n(C(C)(C)C)c(=O)c1Cl. The first kappa shape index (κ1) is 12.0. The molecule has 1 heterocycles. The monoisotopic (exact) mass is 230 g/mol. The van der Waals surface area contributed by atoms with Gasteiger partial charge in [0.25, 0.3) is 5.56 Å². The average molecular weight is 231 g/mol. The molecule has 0 bridgehead atoms. The lowest BCUT2D eigenvalue weighted by molar-refractivity contribution is 0.365. The van der Waals surface area contributed by atoms with Gasteiger partial charge in [-0.1, -0.05) is 18.5 Å². The van der Waals surface area contributed by atoms with Crippen molar-refractivity contribution in [1.29, 1.82) is 0 Å². The van der Waals surface area contributed by atoms with Crippen molar-refractivity contribution in [1.82, 2.24) is 9.55 Å². The van der Waals surface area contributed by atoms with Gasteiger partial charge in [0.05, 0.1) is 0 Å². The standard InChI is InChI=1S/C10H15ClN2O2/c1-5-6-7(11)8(14)13(9(15)12-6)10(2,3)4/h5H2,1-4H3,(H,12,15). The number of rotatable bonds is 1. The van der Waals surface area contributed by atoms with Gasteiger partial charge in [-0.25, -0.2) is 4.79 Å². The molecule has 1 rings (SSSR count). The van der Waals surface area contributed by atoms with Crippen LogP contribution in [-0.2, 0) is 12.0 Å². The van der Waals surface area contributed by atoms with Crippen molar-refractivity contribution in [2.24, 2.45) is 0 Å². The molecule has 0 aliphatic carbocycles. The van der Waals surface area contributed by atoms with Gasteiger partial charge in [-0.15, -0.1) is 0 Å². The second kappa shape index (κ2) is 3.85. The van der Waals surface area contributed by atoms with Gasteiger partial charge in [0.15, 0.2) is 0 Å². The molecule has 0 fully saturated rings. The van der Waals surface area contributed by atoms with Crippen molar-refractivity contribution in [3.8, 4) is 0 Å². The molecule has 0 spiro atoms. The molecule has 0 aliphatic rings. The summed E-state index contributed by atoms with van der Waals surface area (Å²) in [4.78, 5) is 26.1. The fourth-order valence-corrected chi connectivity index (χ4v) is 1.68. The Morgan fingerprint density at radius 2 is 1.87 bits per heavy atom. The average Bonchev–Trinajstić information content (AvgIpc) is 2.09. The molecule has 5 heteroatoms. The minimum Gasteiger partial charge on any atom is -0.310 e. The van der Waals surface area contributed by atoms with E-state index in [9.17, 15) is 9.59 Å². The van der Waals surface area contributed by atoms with E-state index in [1.54, 1.807) is 20.8 Å². The maximum atomic E-state index is 11.8. The fraction of sp³-hybridized carbons (Fsp3) is 0.600. The van der Waals surface area contributed by atoms with E-state index >= 15 is 0 Å². The Kier molecular flexibility index (Phi) is 3.09. The van der Waals surface area contributed by atoms with Crippen LogP contribution in [0, 0.1) is 0 Å². The van der Waals surface area contributed by atoms with Crippen molar-refractivity contribution in [3.05, 3.63) is 31.6 Å². The lowest BCUT2D eigenvalue weighted by Gasteiger charge is -2.21. The van der Waals surface area contributed by atoms with Gasteiger partial charge in [-0.05, 0) is 27.2 Å². The maximum absolute atomic E-state index is 11.8. The highest BCUT2D eigenvalue weighted by atomic mass is 35.5. The Balaban J connectivity index is 3.66.